The first-order chi connectivity index (χ1) is 21.0. The molecule has 0 amide bonds. The molecule has 2 aromatic heterocycles. The smallest absolute Gasteiger partial charge is 0.475 e. The predicted molar refractivity (Wildman–Crippen MR) is 145 cm³/mol. The predicted octanol–water partition coefficient (Wildman–Crippen LogP) is 3.22. The van der Waals surface area contributed by atoms with Crippen LogP contribution in [0.4, 0.5) is 26.3 Å². The second kappa shape index (κ2) is 14.0. The number of benzene rings is 1. The summed E-state index contributed by atoms with van der Waals surface area (Å²) in [6.07, 6.45) is -5.63. The molecule has 1 spiro atoms. The number of carboxylic acid groups (broad SMARTS) is 2. The van der Waals surface area contributed by atoms with Gasteiger partial charge in [-0.05, 0) is 49.1 Å². The van der Waals surface area contributed by atoms with Gasteiger partial charge in [-0.1, -0.05) is 37.3 Å². The van der Waals surface area contributed by atoms with Gasteiger partial charge >= 0.3 is 35.4 Å². The lowest BCUT2D eigenvalue weighted by molar-refractivity contribution is -0.193. The van der Waals surface area contributed by atoms with Crippen molar-refractivity contribution in [3.8, 4) is 0 Å². The molecule has 4 heterocycles. The molecule has 0 radical (unpaired) electrons. The molecule has 1 aromatic carbocycles. The summed E-state index contributed by atoms with van der Waals surface area (Å²) in [7, 11) is 0. The van der Waals surface area contributed by atoms with Crippen molar-refractivity contribution in [2.24, 2.45) is 0 Å². The van der Waals surface area contributed by atoms with E-state index >= 15 is 0 Å². The number of halogens is 6. The topological polar surface area (TPSA) is 148 Å². The molecule has 0 bridgehead atoms. The van der Waals surface area contributed by atoms with Crippen molar-refractivity contribution in [3.63, 3.8) is 0 Å². The normalized spacial score (nSPS) is 17.6. The van der Waals surface area contributed by atoms with E-state index in [0.717, 1.165) is 50.4 Å². The Morgan fingerprint density at radius 3 is 1.91 bits per heavy atom. The summed E-state index contributed by atoms with van der Waals surface area (Å²) in [5.41, 5.74) is 2.17. The van der Waals surface area contributed by atoms with Gasteiger partial charge in [0.05, 0.1) is 12.2 Å². The zero-order valence-electron chi connectivity index (χ0n) is 23.8. The fourth-order valence-corrected chi connectivity index (χ4v) is 4.94. The molecule has 1 atom stereocenters. The number of nitrogens with zero attached hydrogens (tertiary/aromatic N) is 5. The number of carboxylic acids is 2. The standard InChI is InChI=1S/C24H27N5O2.2C2HF3O2/c1-2-18-6-8-19(9-7-18)15-27-13-10-24(17-27)11-14-28-21(30)22(31)29(26-23(24)28)16-20-5-3-4-12-25-20;2*3-2(4,5)1(6)7/h3-9,12H,2,10-11,13-17H2,1H3;2*(H,6,7). The Morgan fingerprint density at radius 1 is 0.844 bits per heavy atom. The number of fused-ring (bicyclic) bond motifs is 2. The summed E-state index contributed by atoms with van der Waals surface area (Å²) in [6.45, 7) is 5.66. The number of aromatic nitrogens is 4. The monoisotopic (exact) mass is 645 g/mol. The molecule has 2 aliphatic heterocycles. The van der Waals surface area contributed by atoms with Crippen LogP contribution >= 0.6 is 0 Å². The van der Waals surface area contributed by atoms with Crippen LogP contribution in [0.5, 0.6) is 0 Å². The maximum Gasteiger partial charge on any atom is 0.490 e. The summed E-state index contributed by atoms with van der Waals surface area (Å²) in [4.78, 5) is 49.9. The number of hydrogen-bond acceptors (Lipinski definition) is 7. The fourth-order valence-electron chi connectivity index (χ4n) is 4.94. The van der Waals surface area contributed by atoms with Gasteiger partial charge in [-0.2, -0.15) is 31.4 Å². The van der Waals surface area contributed by atoms with Crippen molar-refractivity contribution in [2.45, 2.75) is 63.6 Å². The molecule has 1 saturated heterocycles. The summed E-state index contributed by atoms with van der Waals surface area (Å²) < 4.78 is 66.4. The second-order valence-corrected chi connectivity index (χ2v) is 10.3. The van der Waals surface area contributed by atoms with Crippen LogP contribution in [0.3, 0.4) is 0 Å². The Morgan fingerprint density at radius 2 is 1.40 bits per heavy atom. The van der Waals surface area contributed by atoms with Crippen molar-refractivity contribution in [1.29, 1.82) is 0 Å². The van der Waals surface area contributed by atoms with Crippen LogP contribution in [-0.2, 0) is 41.1 Å². The molecule has 0 aliphatic carbocycles. The van der Waals surface area contributed by atoms with Crippen LogP contribution in [0.15, 0.2) is 58.3 Å². The number of aryl methyl sites for hydroxylation is 1. The third kappa shape index (κ3) is 8.99. The highest BCUT2D eigenvalue weighted by molar-refractivity contribution is 5.73. The minimum absolute atomic E-state index is 0.165. The maximum absolute atomic E-state index is 12.8. The van der Waals surface area contributed by atoms with E-state index in [1.807, 2.05) is 18.2 Å². The van der Waals surface area contributed by atoms with Crippen molar-refractivity contribution in [1.82, 2.24) is 24.2 Å². The van der Waals surface area contributed by atoms with Crippen LogP contribution in [0.1, 0.15) is 42.4 Å². The highest BCUT2D eigenvalue weighted by Gasteiger charge is 2.47. The quantitative estimate of drug-likeness (QED) is 0.315. The number of likely N-dealkylation sites (tertiary alicyclic amines) is 1. The van der Waals surface area contributed by atoms with Gasteiger partial charge in [0.25, 0.3) is 0 Å². The van der Waals surface area contributed by atoms with E-state index in [1.165, 1.54) is 15.8 Å². The van der Waals surface area contributed by atoms with Crippen molar-refractivity contribution < 1.29 is 46.1 Å². The summed E-state index contributed by atoms with van der Waals surface area (Å²) >= 11 is 0. The summed E-state index contributed by atoms with van der Waals surface area (Å²) in [5.74, 6) is -4.75. The number of rotatable bonds is 5. The van der Waals surface area contributed by atoms with Crippen LogP contribution < -0.4 is 11.1 Å². The molecule has 11 nitrogen and oxygen atoms in total. The fraction of sp³-hybridized carbons (Fsp3) is 0.429. The number of hydrogen-bond donors (Lipinski definition) is 2. The van der Waals surface area contributed by atoms with Crippen LogP contribution in [-0.4, -0.2) is 71.8 Å². The average Bonchev–Trinajstić information content (AvgIpc) is 3.55. The maximum atomic E-state index is 12.8. The van der Waals surface area contributed by atoms with Gasteiger partial charge in [-0.25, -0.2) is 14.3 Å². The number of carbonyl (C=O) groups is 2. The second-order valence-electron chi connectivity index (χ2n) is 10.3. The van der Waals surface area contributed by atoms with Crippen molar-refractivity contribution >= 4 is 11.9 Å². The van der Waals surface area contributed by atoms with Gasteiger partial charge < -0.3 is 10.2 Å². The number of aliphatic carboxylic acids is 2. The number of alkyl halides is 6. The van der Waals surface area contributed by atoms with Gasteiger partial charge in [0.2, 0.25) is 0 Å². The first-order valence-corrected chi connectivity index (χ1v) is 13.5. The third-order valence-corrected chi connectivity index (χ3v) is 7.22. The zero-order valence-corrected chi connectivity index (χ0v) is 23.8. The van der Waals surface area contributed by atoms with Crippen LogP contribution in [0.2, 0.25) is 0 Å². The molecule has 1 fully saturated rings. The highest BCUT2D eigenvalue weighted by atomic mass is 19.4. The molecule has 1 unspecified atom stereocenters. The highest BCUT2D eigenvalue weighted by Crippen LogP contribution is 2.40. The van der Waals surface area contributed by atoms with Gasteiger partial charge in [0.1, 0.15) is 5.82 Å². The number of pyridine rings is 1. The Balaban J connectivity index is 0.000000331. The summed E-state index contributed by atoms with van der Waals surface area (Å²) in [5, 5.41) is 19.0. The SMILES string of the molecule is CCc1ccc(CN2CCC3(CCn4c3nn(Cc3ccccn3)c(=O)c4=O)C2)cc1.O=C(O)C(F)(F)F.O=C(O)C(F)(F)F. The van der Waals surface area contributed by atoms with E-state index in [9.17, 15) is 35.9 Å². The zero-order chi connectivity index (χ0) is 33.6. The molecule has 17 heteroatoms. The Labute approximate surface area is 251 Å². The van der Waals surface area contributed by atoms with Gasteiger partial charge in [0.15, 0.2) is 0 Å². The Bertz CT molecular complexity index is 1580. The van der Waals surface area contributed by atoms with E-state index in [2.05, 4.69) is 41.1 Å². The molecule has 45 heavy (non-hydrogen) atoms. The van der Waals surface area contributed by atoms with E-state index in [0.29, 0.717) is 6.54 Å². The van der Waals surface area contributed by atoms with Gasteiger partial charge in [-0.15, -0.1) is 0 Å². The molecular weight excluding hydrogens is 616 g/mol. The largest absolute Gasteiger partial charge is 0.490 e. The Kier molecular flexibility index (Phi) is 10.9. The lowest BCUT2D eigenvalue weighted by atomic mass is 9.85. The molecule has 2 N–H and O–H groups in total. The third-order valence-electron chi connectivity index (χ3n) is 7.22. The minimum Gasteiger partial charge on any atom is -0.475 e. The molecule has 3 aromatic rings. The molecule has 0 saturated carbocycles. The van der Waals surface area contributed by atoms with E-state index in [4.69, 9.17) is 24.9 Å². The molecule has 5 rings (SSSR count). The molecule has 2 aliphatic rings. The average molecular weight is 646 g/mol. The van der Waals surface area contributed by atoms with Crippen LogP contribution in [0, 0.1) is 0 Å². The lowest BCUT2D eigenvalue weighted by Crippen LogP contribution is -2.45. The van der Waals surface area contributed by atoms with E-state index in [1.54, 1.807) is 10.8 Å². The van der Waals surface area contributed by atoms with Crippen molar-refractivity contribution in [3.05, 3.63) is 92.0 Å². The Hall–Kier alpha value is -4.54. The molecule has 244 valence electrons. The minimum atomic E-state index is -5.08. The molecular formula is C28H29F6N5O6. The van der Waals surface area contributed by atoms with Gasteiger partial charge in [-0.3, -0.25) is 24.0 Å². The lowest BCUT2D eigenvalue weighted by Gasteiger charge is -2.24. The van der Waals surface area contributed by atoms with E-state index < -0.39 is 35.4 Å². The summed E-state index contributed by atoms with van der Waals surface area (Å²) in [6, 6.07) is 14.4. The van der Waals surface area contributed by atoms with E-state index in [-0.39, 0.29) is 12.0 Å². The van der Waals surface area contributed by atoms with Crippen molar-refractivity contribution in [2.75, 3.05) is 13.1 Å². The van der Waals surface area contributed by atoms with Gasteiger partial charge in [0, 0.05) is 31.2 Å². The first kappa shape index (κ1) is 34.9. The van der Waals surface area contributed by atoms with Crippen LogP contribution in [0.25, 0.3) is 0 Å². The first-order valence-electron chi connectivity index (χ1n) is 13.5.